The summed E-state index contributed by atoms with van der Waals surface area (Å²) in [6, 6.07) is 6.82. The van der Waals surface area contributed by atoms with Gasteiger partial charge in [0.2, 0.25) is 5.91 Å². The van der Waals surface area contributed by atoms with E-state index in [0.717, 1.165) is 19.3 Å². The molecular weight excluding hydrogens is 348 g/mol. The van der Waals surface area contributed by atoms with Crippen LogP contribution >= 0.6 is 0 Å². The number of aliphatic carboxylic acids is 1. The van der Waals surface area contributed by atoms with Gasteiger partial charge in [0.05, 0.1) is 17.9 Å². The Bertz CT molecular complexity index is 698. The highest BCUT2D eigenvalue weighted by Crippen LogP contribution is 2.38. The van der Waals surface area contributed by atoms with Crippen LogP contribution < -0.4 is 5.32 Å². The zero-order chi connectivity index (χ0) is 19.4. The lowest BCUT2D eigenvalue weighted by Gasteiger charge is -2.39. The molecular formula is C20H26N2O5. The SMILES string of the molecule is COC1(CC(=O)Nc2ccc(C(=O)N3CCC(C(=O)O)CC3)cc2)CCC1. The van der Waals surface area contributed by atoms with Crippen molar-refractivity contribution < 1.29 is 24.2 Å². The first-order chi connectivity index (χ1) is 12.9. The number of methoxy groups -OCH3 is 1. The summed E-state index contributed by atoms with van der Waals surface area (Å²) in [6.45, 7) is 0.904. The molecule has 3 rings (SSSR count). The molecule has 1 saturated heterocycles. The fourth-order valence-electron chi connectivity index (χ4n) is 3.73. The Kier molecular flexibility index (Phi) is 5.79. The number of likely N-dealkylation sites (tertiary alicyclic amines) is 1. The molecule has 7 nitrogen and oxygen atoms in total. The highest BCUT2D eigenvalue weighted by atomic mass is 16.5. The third-order valence-corrected chi connectivity index (χ3v) is 5.73. The number of benzene rings is 1. The molecule has 0 atom stereocenters. The van der Waals surface area contributed by atoms with E-state index in [1.54, 1.807) is 36.3 Å². The minimum Gasteiger partial charge on any atom is -0.481 e. The summed E-state index contributed by atoms with van der Waals surface area (Å²) >= 11 is 0. The van der Waals surface area contributed by atoms with E-state index >= 15 is 0 Å². The number of piperidine rings is 1. The fourth-order valence-corrected chi connectivity index (χ4v) is 3.73. The highest BCUT2D eigenvalue weighted by molar-refractivity contribution is 5.96. The lowest BCUT2D eigenvalue weighted by Crippen LogP contribution is -2.42. The molecule has 2 fully saturated rings. The third-order valence-electron chi connectivity index (χ3n) is 5.73. The zero-order valence-electron chi connectivity index (χ0n) is 15.6. The molecule has 1 aliphatic carbocycles. The van der Waals surface area contributed by atoms with Crippen LogP contribution in [0.3, 0.4) is 0 Å². The van der Waals surface area contributed by atoms with Crippen LogP contribution in [0.15, 0.2) is 24.3 Å². The zero-order valence-corrected chi connectivity index (χ0v) is 15.6. The van der Waals surface area contributed by atoms with Crippen LogP contribution in [-0.2, 0) is 14.3 Å². The second kappa shape index (κ2) is 8.08. The van der Waals surface area contributed by atoms with Gasteiger partial charge >= 0.3 is 5.97 Å². The predicted octanol–water partition coefficient (Wildman–Crippen LogP) is 2.52. The van der Waals surface area contributed by atoms with Crippen molar-refractivity contribution in [1.82, 2.24) is 4.90 Å². The molecule has 0 unspecified atom stereocenters. The molecule has 1 aliphatic heterocycles. The minimum absolute atomic E-state index is 0.0913. The second-order valence-electron chi connectivity index (χ2n) is 7.45. The van der Waals surface area contributed by atoms with Gasteiger partial charge in [0.25, 0.3) is 5.91 Å². The molecule has 0 aromatic heterocycles. The van der Waals surface area contributed by atoms with E-state index in [2.05, 4.69) is 5.32 Å². The molecule has 1 heterocycles. The summed E-state index contributed by atoms with van der Waals surface area (Å²) in [5.74, 6) is -1.35. The van der Waals surface area contributed by atoms with Crippen LogP contribution in [0.1, 0.15) is 48.9 Å². The lowest BCUT2D eigenvalue weighted by atomic mass is 9.77. The van der Waals surface area contributed by atoms with Gasteiger partial charge < -0.3 is 20.1 Å². The molecule has 146 valence electrons. The summed E-state index contributed by atoms with van der Waals surface area (Å²) in [4.78, 5) is 37.5. The van der Waals surface area contributed by atoms with Crippen molar-refractivity contribution >= 4 is 23.5 Å². The number of nitrogens with zero attached hydrogens (tertiary/aromatic N) is 1. The van der Waals surface area contributed by atoms with Crippen molar-refractivity contribution in [2.75, 3.05) is 25.5 Å². The molecule has 1 saturated carbocycles. The first kappa shape index (κ1) is 19.4. The predicted molar refractivity (Wildman–Crippen MR) is 99.5 cm³/mol. The lowest BCUT2D eigenvalue weighted by molar-refractivity contribution is -0.143. The topological polar surface area (TPSA) is 95.9 Å². The molecule has 7 heteroatoms. The number of carboxylic acids is 1. The van der Waals surface area contributed by atoms with Crippen LogP contribution in [0.25, 0.3) is 0 Å². The first-order valence-electron chi connectivity index (χ1n) is 9.40. The van der Waals surface area contributed by atoms with Gasteiger partial charge in [-0.05, 0) is 56.4 Å². The van der Waals surface area contributed by atoms with Crippen LogP contribution in [0, 0.1) is 5.92 Å². The van der Waals surface area contributed by atoms with E-state index in [0.29, 0.717) is 43.6 Å². The van der Waals surface area contributed by atoms with Gasteiger partial charge in [-0.25, -0.2) is 0 Å². The maximum Gasteiger partial charge on any atom is 0.306 e. The highest BCUT2D eigenvalue weighted by Gasteiger charge is 2.39. The Morgan fingerprint density at radius 3 is 2.30 bits per heavy atom. The van der Waals surface area contributed by atoms with Crippen LogP contribution in [-0.4, -0.2) is 53.6 Å². The molecule has 1 aromatic carbocycles. The Labute approximate surface area is 158 Å². The Hall–Kier alpha value is -2.41. The van der Waals surface area contributed by atoms with Crippen molar-refractivity contribution in [2.45, 2.75) is 44.1 Å². The second-order valence-corrected chi connectivity index (χ2v) is 7.45. The normalized spacial score (nSPS) is 19.2. The third kappa shape index (κ3) is 4.47. The average Bonchev–Trinajstić information content (AvgIpc) is 2.65. The number of anilines is 1. The van der Waals surface area contributed by atoms with Crippen LogP contribution in [0.5, 0.6) is 0 Å². The van der Waals surface area contributed by atoms with E-state index in [4.69, 9.17) is 9.84 Å². The monoisotopic (exact) mass is 374 g/mol. The number of hydrogen-bond donors (Lipinski definition) is 2. The number of carbonyl (C=O) groups excluding carboxylic acids is 2. The smallest absolute Gasteiger partial charge is 0.306 e. The van der Waals surface area contributed by atoms with Gasteiger partial charge in [0.15, 0.2) is 0 Å². The maximum absolute atomic E-state index is 12.6. The van der Waals surface area contributed by atoms with Crippen LogP contribution in [0.2, 0.25) is 0 Å². The number of carbonyl (C=O) groups is 3. The van der Waals surface area contributed by atoms with Crippen LogP contribution in [0.4, 0.5) is 5.69 Å². The number of nitrogens with one attached hydrogen (secondary N) is 1. The largest absolute Gasteiger partial charge is 0.481 e. The van der Waals surface area contributed by atoms with Crippen molar-refractivity contribution in [3.63, 3.8) is 0 Å². The van der Waals surface area contributed by atoms with E-state index in [1.807, 2.05) is 0 Å². The molecule has 0 spiro atoms. The molecule has 2 aliphatic rings. The number of hydrogen-bond acceptors (Lipinski definition) is 4. The number of carboxylic acid groups (broad SMARTS) is 1. The van der Waals surface area contributed by atoms with E-state index < -0.39 is 5.97 Å². The fraction of sp³-hybridized carbons (Fsp3) is 0.550. The Balaban J connectivity index is 1.53. The Morgan fingerprint density at radius 1 is 1.19 bits per heavy atom. The number of ether oxygens (including phenoxy) is 1. The Morgan fingerprint density at radius 2 is 1.81 bits per heavy atom. The maximum atomic E-state index is 12.6. The summed E-state index contributed by atoms with van der Waals surface area (Å²) in [6.07, 6.45) is 4.20. The van der Waals surface area contributed by atoms with Crippen molar-refractivity contribution in [3.8, 4) is 0 Å². The first-order valence-corrected chi connectivity index (χ1v) is 9.40. The van der Waals surface area contributed by atoms with Gasteiger partial charge in [-0.15, -0.1) is 0 Å². The van der Waals surface area contributed by atoms with E-state index in [9.17, 15) is 14.4 Å². The summed E-state index contributed by atoms with van der Waals surface area (Å²) in [7, 11) is 1.64. The van der Waals surface area contributed by atoms with Gasteiger partial charge in [0, 0.05) is 31.5 Å². The van der Waals surface area contributed by atoms with Gasteiger partial charge in [-0.2, -0.15) is 0 Å². The average molecular weight is 374 g/mol. The molecule has 0 bridgehead atoms. The van der Waals surface area contributed by atoms with E-state index in [1.165, 1.54) is 0 Å². The van der Waals surface area contributed by atoms with Crippen molar-refractivity contribution in [3.05, 3.63) is 29.8 Å². The standard InChI is InChI=1S/C20H26N2O5/c1-27-20(9-2-10-20)13-17(23)21-16-5-3-14(4-6-16)18(24)22-11-7-15(8-12-22)19(25)26/h3-6,15H,2,7-13H2,1H3,(H,21,23)(H,25,26). The van der Waals surface area contributed by atoms with Crippen molar-refractivity contribution in [2.24, 2.45) is 5.92 Å². The van der Waals surface area contributed by atoms with Crippen molar-refractivity contribution in [1.29, 1.82) is 0 Å². The molecule has 2 amide bonds. The molecule has 27 heavy (non-hydrogen) atoms. The molecule has 2 N–H and O–H groups in total. The van der Waals surface area contributed by atoms with E-state index in [-0.39, 0.29) is 23.3 Å². The van der Waals surface area contributed by atoms with Gasteiger partial charge in [-0.1, -0.05) is 0 Å². The minimum atomic E-state index is -0.792. The summed E-state index contributed by atoms with van der Waals surface area (Å²) in [5, 5.41) is 11.9. The summed E-state index contributed by atoms with van der Waals surface area (Å²) < 4.78 is 5.47. The molecule has 1 aromatic rings. The number of amides is 2. The number of rotatable bonds is 6. The summed E-state index contributed by atoms with van der Waals surface area (Å²) in [5.41, 5.74) is 0.864. The molecule has 0 radical (unpaired) electrons. The quantitative estimate of drug-likeness (QED) is 0.798. The van der Waals surface area contributed by atoms with Gasteiger partial charge in [-0.3, -0.25) is 14.4 Å². The van der Waals surface area contributed by atoms with Gasteiger partial charge in [0.1, 0.15) is 0 Å².